The number of pyridine rings is 1. The first kappa shape index (κ1) is 18.9. The van der Waals surface area contributed by atoms with Crippen molar-refractivity contribution in [2.75, 3.05) is 29.9 Å². The van der Waals surface area contributed by atoms with E-state index >= 15 is 0 Å². The number of piperidine rings is 1. The first-order valence-corrected chi connectivity index (χ1v) is 10.3. The van der Waals surface area contributed by atoms with Gasteiger partial charge in [0.2, 0.25) is 0 Å². The van der Waals surface area contributed by atoms with Crippen LogP contribution in [0.5, 0.6) is 0 Å². The van der Waals surface area contributed by atoms with E-state index in [9.17, 15) is 9.18 Å². The molecule has 2 N–H and O–H groups in total. The number of rotatable bonds is 4. The summed E-state index contributed by atoms with van der Waals surface area (Å²) >= 11 is 0. The van der Waals surface area contributed by atoms with Crippen molar-refractivity contribution >= 4 is 23.1 Å². The van der Waals surface area contributed by atoms with Crippen LogP contribution in [-0.4, -0.2) is 50.9 Å². The van der Waals surface area contributed by atoms with E-state index in [1.54, 1.807) is 29.9 Å². The second-order valence-electron chi connectivity index (χ2n) is 8.13. The Morgan fingerprint density at radius 1 is 1.23 bits per heavy atom. The van der Waals surface area contributed by atoms with E-state index in [1.807, 2.05) is 0 Å². The molecule has 0 bridgehead atoms. The molecule has 0 radical (unpaired) electrons. The van der Waals surface area contributed by atoms with Crippen LogP contribution in [0, 0.1) is 18.7 Å². The number of amides is 1. The van der Waals surface area contributed by atoms with Gasteiger partial charge in [-0.15, -0.1) is 0 Å². The fourth-order valence-corrected chi connectivity index (χ4v) is 4.28. The summed E-state index contributed by atoms with van der Waals surface area (Å²) in [6.07, 6.45) is 10.2. The lowest BCUT2D eigenvalue weighted by atomic mass is 9.86. The zero-order chi connectivity index (χ0) is 20.7. The van der Waals surface area contributed by atoms with Gasteiger partial charge >= 0.3 is 0 Å². The van der Waals surface area contributed by atoms with Crippen LogP contribution in [0.4, 0.5) is 15.9 Å². The Labute approximate surface area is 173 Å². The number of halogens is 1. The lowest BCUT2D eigenvalue weighted by molar-refractivity contribution is 0.102. The third-order valence-corrected chi connectivity index (χ3v) is 5.91. The molecule has 9 heteroatoms. The third-order valence-electron chi connectivity index (χ3n) is 5.91. The summed E-state index contributed by atoms with van der Waals surface area (Å²) in [7, 11) is 0. The smallest absolute Gasteiger partial charge is 0.275 e. The summed E-state index contributed by atoms with van der Waals surface area (Å²) in [6.45, 7) is 4.82. The molecule has 5 heterocycles. The zero-order valence-corrected chi connectivity index (χ0v) is 16.8. The molecule has 1 atom stereocenters. The number of aryl methyl sites for hydroxylation is 1. The number of carbonyl (C=O) groups excluding carboxylic acids is 1. The van der Waals surface area contributed by atoms with Crippen molar-refractivity contribution in [1.29, 1.82) is 0 Å². The molecule has 3 aromatic rings. The molecule has 2 saturated heterocycles. The van der Waals surface area contributed by atoms with Crippen LogP contribution >= 0.6 is 0 Å². The first-order chi connectivity index (χ1) is 14.6. The Morgan fingerprint density at radius 3 is 2.83 bits per heavy atom. The number of hydrogen-bond donors (Lipinski definition) is 2. The van der Waals surface area contributed by atoms with Crippen molar-refractivity contribution in [2.45, 2.75) is 32.2 Å². The van der Waals surface area contributed by atoms with Gasteiger partial charge in [0.15, 0.2) is 11.5 Å². The van der Waals surface area contributed by atoms with Crippen LogP contribution in [0.15, 0.2) is 30.9 Å². The number of nitrogens with zero attached hydrogens (tertiary/aromatic N) is 5. The van der Waals surface area contributed by atoms with Gasteiger partial charge in [-0.05, 0) is 26.3 Å². The average Bonchev–Trinajstić information content (AvgIpc) is 3.09. The SMILES string of the molecule is Cc1cn2cc(NC(=O)c3cnc(N4CC(C5CCCCN5)C4)cn3)cc(F)c2n1. The molecule has 0 spiro atoms. The predicted octanol–water partition coefficient (Wildman–Crippen LogP) is 2.40. The van der Waals surface area contributed by atoms with Gasteiger partial charge in [0.25, 0.3) is 5.91 Å². The van der Waals surface area contributed by atoms with Crippen molar-refractivity contribution in [1.82, 2.24) is 24.7 Å². The number of fused-ring (bicyclic) bond motifs is 1. The highest BCUT2D eigenvalue weighted by Gasteiger charge is 2.34. The summed E-state index contributed by atoms with van der Waals surface area (Å²) in [5.41, 5.74) is 1.45. The highest BCUT2D eigenvalue weighted by Crippen LogP contribution is 2.28. The zero-order valence-electron chi connectivity index (χ0n) is 16.8. The normalized spacial score (nSPS) is 19.7. The molecule has 0 aromatic carbocycles. The number of carbonyl (C=O) groups is 1. The van der Waals surface area contributed by atoms with Crippen molar-refractivity contribution < 1.29 is 9.18 Å². The minimum absolute atomic E-state index is 0.187. The Kier molecular flexibility index (Phi) is 4.82. The number of hydrogen-bond acceptors (Lipinski definition) is 6. The topological polar surface area (TPSA) is 87.5 Å². The van der Waals surface area contributed by atoms with Gasteiger partial charge in [0.1, 0.15) is 11.5 Å². The van der Waals surface area contributed by atoms with Crippen molar-refractivity contribution in [2.24, 2.45) is 5.92 Å². The molecule has 156 valence electrons. The summed E-state index contributed by atoms with van der Waals surface area (Å²) in [6, 6.07) is 1.85. The van der Waals surface area contributed by atoms with Crippen molar-refractivity contribution in [3.05, 3.63) is 48.1 Å². The van der Waals surface area contributed by atoms with Gasteiger partial charge in [-0.1, -0.05) is 6.42 Å². The summed E-state index contributed by atoms with van der Waals surface area (Å²) in [4.78, 5) is 27.5. The highest BCUT2D eigenvalue weighted by atomic mass is 19.1. The number of nitrogens with one attached hydrogen (secondary N) is 2. The Morgan fingerprint density at radius 2 is 2.10 bits per heavy atom. The Balaban J connectivity index is 1.22. The molecule has 5 rings (SSSR count). The van der Waals surface area contributed by atoms with Crippen LogP contribution in [0.3, 0.4) is 0 Å². The second kappa shape index (κ2) is 7.64. The molecule has 30 heavy (non-hydrogen) atoms. The van der Waals surface area contributed by atoms with Crippen LogP contribution in [0.2, 0.25) is 0 Å². The Bertz CT molecular complexity index is 1070. The third kappa shape index (κ3) is 3.60. The largest absolute Gasteiger partial charge is 0.355 e. The van der Waals surface area contributed by atoms with E-state index in [2.05, 4.69) is 30.5 Å². The van der Waals surface area contributed by atoms with E-state index in [0.29, 0.717) is 23.3 Å². The maximum Gasteiger partial charge on any atom is 0.275 e. The number of aromatic nitrogens is 4. The molecule has 2 fully saturated rings. The van der Waals surface area contributed by atoms with E-state index < -0.39 is 11.7 Å². The van der Waals surface area contributed by atoms with Gasteiger partial charge in [-0.3, -0.25) is 4.79 Å². The van der Waals surface area contributed by atoms with Gasteiger partial charge < -0.3 is 19.9 Å². The molecule has 0 saturated carbocycles. The monoisotopic (exact) mass is 409 g/mol. The van der Waals surface area contributed by atoms with Crippen LogP contribution in [0.25, 0.3) is 5.65 Å². The van der Waals surface area contributed by atoms with Crippen LogP contribution in [0.1, 0.15) is 35.4 Å². The maximum atomic E-state index is 14.2. The second-order valence-corrected chi connectivity index (χ2v) is 8.13. The summed E-state index contributed by atoms with van der Waals surface area (Å²) in [5.74, 6) is 0.492. The lowest BCUT2D eigenvalue weighted by Gasteiger charge is -2.45. The first-order valence-electron chi connectivity index (χ1n) is 10.3. The van der Waals surface area contributed by atoms with Gasteiger partial charge in [-0.2, -0.15) is 0 Å². The van der Waals surface area contributed by atoms with Crippen molar-refractivity contribution in [3.8, 4) is 0 Å². The molecule has 0 aliphatic carbocycles. The molecule has 2 aliphatic rings. The molecule has 1 unspecified atom stereocenters. The number of anilines is 2. The fraction of sp³-hybridized carbons (Fsp3) is 0.429. The lowest BCUT2D eigenvalue weighted by Crippen LogP contribution is -2.57. The van der Waals surface area contributed by atoms with E-state index in [-0.39, 0.29) is 11.3 Å². The number of imidazole rings is 1. The highest BCUT2D eigenvalue weighted by molar-refractivity contribution is 6.02. The van der Waals surface area contributed by atoms with Gasteiger partial charge in [0.05, 0.1) is 23.8 Å². The van der Waals surface area contributed by atoms with Crippen molar-refractivity contribution in [3.63, 3.8) is 0 Å². The quantitative estimate of drug-likeness (QED) is 0.688. The fourth-order valence-electron chi connectivity index (χ4n) is 4.28. The molecule has 1 amide bonds. The van der Waals surface area contributed by atoms with Gasteiger partial charge in [0, 0.05) is 43.5 Å². The van der Waals surface area contributed by atoms with E-state index in [0.717, 1.165) is 25.5 Å². The standard InChI is InChI=1S/C21H24FN7O/c1-13-9-29-12-15(6-16(22)20(29)26-13)27-21(30)18-7-25-19(8-24-18)28-10-14(11-28)17-4-2-3-5-23-17/h6-9,12,14,17,23H,2-5,10-11H2,1H3,(H,27,30). The predicted molar refractivity (Wildman–Crippen MR) is 111 cm³/mol. The minimum Gasteiger partial charge on any atom is -0.355 e. The molecule has 2 aliphatic heterocycles. The molecule has 8 nitrogen and oxygen atoms in total. The van der Waals surface area contributed by atoms with E-state index in [4.69, 9.17) is 0 Å². The average molecular weight is 409 g/mol. The van der Waals surface area contributed by atoms with Crippen LogP contribution < -0.4 is 15.5 Å². The minimum atomic E-state index is -0.498. The summed E-state index contributed by atoms with van der Waals surface area (Å²) < 4.78 is 15.7. The van der Waals surface area contributed by atoms with Crippen LogP contribution in [-0.2, 0) is 0 Å². The molecular weight excluding hydrogens is 385 g/mol. The summed E-state index contributed by atoms with van der Waals surface area (Å²) in [5, 5.41) is 6.28. The Hall–Kier alpha value is -3.07. The maximum absolute atomic E-state index is 14.2. The van der Waals surface area contributed by atoms with E-state index in [1.165, 1.54) is 31.5 Å². The molecular formula is C21H24FN7O. The molecule has 3 aromatic heterocycles. The van der Waals surface area contributed by atoms with Gasteiger partial charge in [-0.25, -0.2) is 19.3 Å².